The zero-order valence-corrected chi connectivity index (χ0v) is 18.8. The average molecular weight is 408 g/mol. The van der Waals surface area contributed by atoms with E-state index in [0.717, 1.165) is 17.7 Å². The number of amides is 1. The monoisotopic (exact) mass is 407 g/mol. The number of hydrogen-bond acceptors (Lipinski definition) is 5. The summed E-state index contributed by atoms with van der Waals surface area (Å²) in [4.78, 5) is 18.0. The molecule has 0 spiro atoms. The molecule has 0 aromatic heterocycles. The number of para-hydroxylation sites is 1. The van der Waals surface area contributed by atoms with Crippen molar-refractivity contribution >= 4 is 12.1 Å². The summed E-state index contributed by atoms with van der Waals surface area (Å²) in [6.07, 6.45) is 0.356. The van der Waals surface area contributed by atoms with Gasteiger partial charge in [-0.1, -0.05) is 18.2 Å². The van der Waals surface area contributed by atoms with Gasteiger partial charge in [-0.2, -0.15) is 0 Å². The molecule has 0 aliphatic heterocycles. The van der Waals surface area contributed by atoms with E-state index in [2.05, 4.69) is 31.9 Å². The number of ether oxygens (including phenoxy) is 2. The second-order valence-corrected chi connectivity index (χ2v) is 7.88. The lowest BCUT2D eigenvalue weighted by molar-refractivity contribution is 0.0527. The Hall–Kier alpha value is -2.48. The van der Waals surface area contributed by atoms with E-state index in [0.29, 0.717) is 25.6 Å². The van der Waals surface area contributed by atoms with Crippen molar-refractivity contribution in [1.82, 2.24) is 20.9 Å². The first-order chi connectivity index (χ1) is 13.7. The molecule has 8 nitrogen and oxygen atoms in total. The first kappa shape index (κ1) is 24.6. The maximum Gasteiger partial charge on any atom is 0.407 e. The molecule has 0 saturated heterocycles. The van der Waals surface area contributed by atoms with Crippen molar-refractivity contribution in [3.8, 4) is 5.75 Å². The number of nitrogens with zero attached hydrogens (tertiary/aromatic N) is 2. The third-order valence-electron chi connectivity index (χ3n) is 4.12. The summed E-state index contributed by atoms with van der Waals surface area (Å²) in [6, 6.07) is 8.15. The number of likely N-dealkylation sites (N-methyl/N-ethyl adjacent to an activating group) is 1. The molecule has 1 unspecified atom stereocenters. The summed E-state index contributed by atoms with van der Waals surface area (Å²) in [5.41, 5.74) is 0.628. The van der Waals surface area contributed by atoms with Crippen LogP contribution in [-0.2, 0) is 4.74 Å². The van der Waals surface area contributed by atoms with Gasteiger partial charge in [-0.05, 0) is 47.4 Å². The van der Waals surface area contributed by atoms with Gasteiger partial charge < -0.3 is 30.3 Å². The lowest BCUT2D eigenvalue weighted by Crippen LogP contribution is -2.42. The van der Waals surface area contributed by atoms with Crippen LogP contribution in [0.3, 0.4) is 0 Å². The Balaban J connectivity index is 2.45. The highest BCUT2D eigenvalue weighted by Crippen LogP contribution is 2.27. The van der Waals surface area contributed by atoms with E-state index in [1.807, 2.05) is 53.1 Å². The zero-order chi connectivity index (χ0) is 21.9. The molecule has 3 N–H and O–H groups in total. The molecule has 164 valence electrons. The van der Waals surface area contributed by atoms with Gasteiger partial charge in [0.15, 0.2) is 5.96 Å². The first-order valence-corrected chi connectivity index (χ1v) is 9.88. The molecule has 0 saturated carbocycles. The molecular weight excluding hydrogens is 370 g/mol. The normalized spacial score (nSPS) is 13.0. The Labute approximate surface area is 175 Å². The van der Waals surface area contributed by atoms with Gasteiger partial charge in [-0.15, -0.1) is 0 Å². The zero-order valence-electron chi connectivity index (χ0n) is 18.8. The van der Waals surface area contributed by atoms with Crippen LogP contribution in [0.4, 0.5) is 4.79 Å². The smallest absolute Gasteiger partial charge is 0.407 e. The van der Waals surface area contributed by atoms with Crippen molar-refractivity contribution in [2.75, 3.05) is 47.9 Å². The number of rotatable bonds is 9. The number of carbonyl (C=O) groups excluding carboxylic acids is 1. The second-order valence-electron chi connectivity index (χ2n) is 7.88. The number of carbonyl (C=O) groups is 1. The quantitative estimate of drug-likeness (QED) is 0.331. The van der Waals surface area contributed by atoms with E-state index in [9.17, 15) is 4.79 Å². The van der Waals surface area contributed by atoms with Crippen LogP contribution >= 0.6 is 0 Å². The van der Waals surface area contributed by atoms with Crippen molar-refractivity contribution in [3.05, 3.63) is 29.8 Å². The lowest BCUT2D eigenvalue weighted by Gasteiger charge is -2.27. The van der Waals surface area contributed by atoms with Crippen LogP contribution in [-0.4, -0.2) is 70.4 Å². The lowest BCUT2D eigenvalue weighted by atomic mass is 10.0. The number of nitrogens with one attached hydrogen (secondary N) is 3. The molecule has 0 aliphatic carbocycles. The topological polar surface area (TPSA) is 87.2 Å². The van der Waals surface area contributed by atoms with E-state index < -0.39 is 11.7 Å². The first-order valence-electron chi connectivity index (χ1n) is 9.88. The van der Waals surface area contributed by atoms with Gasteiger partial charge in [0.05, 0.1) is 13.2 Å². The Kier molecular flexibility index (Phi) is 10.3. The van der Waals surface area contributed by atoms with Crippen molar-refractivity contribution < 1.29 is 14.3 Å². The van der Waals surface area contributed by atoms with E-state index >= 15 is 0 Å². The minimum atomic E-state index is -0.487. The second kappa shape index (κ2) is 12.2. The summed E-state index contributed by atoms with van der Waals surface area (Å²) in [5.74, 6) is 1.58. The predicted molar refractivity (Wildman–Crippen MR) is 118 cm³/mol. The molecule has 0 bridgehead atoms. The Bertz CT molecular complexity index is 656. The van der Waals surface area contributed by atoms with Crippen LogP contribution < -0.4 is 20.7 Å². The molecule has 1 aromatic carbocycles. The van der Waals surface area contributed by atoms with Gasteiger partial charge >= 0.3 is 6.09 Å². The number of benzene rings is 1. The van der Waals surface area contributed by atoms with Crippen LogP contribution in [0, 0.1) is 0 Å². The maximum absolute atomic E-state index is 11.6. The molecule has 0 heterocycles. The van der Waals surface area contributed by atoms with Crippen molar-refractivity contribution in [2.24, 2.45) is 4.99 Å². The van der Waals surface area contributed by atoms with Crippen LogP contribution in [0.1, 0.15) is 38.8 Å². The van der Waals surface area contributed by atoms with Crippen molar-refractivity contribution in [2.45, 2.75) is 38.8 Å². The molecule has 8 heteroatoms. The highest BCUT2D eigenvalue weighted by Gasteiger charge is 2.18. The molecule has 0 fully saturated rings. The molecular formula is C21H37N5O3. The van der Waals surface area contributed by atoms with E-state index in [1.165, 1.54) is 0 Å². The van der Waals surface area contributed by atoms with Gasteiger partial charge in [0.2, 0.25) is 0 Å². The number of methoxy groups -OCH3 is 1. The van der Waals surface area contributed by atoms with Gasteiger partial charge in [-0.3, -0.25) is 4.99 Å². The summed E-state index contributed by atoms with van der Waals surface area (Å²) < 4.78 is 10.7. The number of guanidine groups is 1. The van der Waals surface area contributed by atoms with E-state index in [-0.39, 0.29) is 6.04 Å². The largest absolute Gasteiger partial charge is 0.496 e. The van der Waals surface area contributed by atoms with Crippen LogP contribution in [0.15, 0.2) is 29.3 Å². The van der Waals surface area contributed by atoms with Gasteiger partial charge in [0.25, 0.3) is 0 Å². The summed E-state index contributed by atoms with van der Waals surface area (Å²) >= 11 is 0. The summed E-state index contributed by atoms with van der Waals surface area (Å²) in [6.45, 7) is 7.40. The van der Waals surface area contributed by atoms with Gasteiger partial charge in [0.1, 0.15) is 11.4 Å². The molecule has 1 aromatic rings. The van der Waals surface area contributed by atoms with Crippen molar-refractivity contribution in [1.29, 1.82) is 0 Å². The molecule has 1 rings (SSSR count). The Morgan fingerprint density at radius 2 is 1.79 bits per heavy atom. The SMILES string of the molecule is CN=C(NCCCNC(=O)OC(C)(C)C)NCC(c1ccccc1OC)N(C)C. The Morgan fingerprint density at radius 1 is 1.14 bits per heavy atom. The third-order valence-corrected chi connectivity index (χ3v) is 4.12. The molecule has 29 heavy (non-hydrogen) atoms. The molecule has 0 radical (unpaired) electrons. The minimum absolute atomic E-state index is 0.124. The van der Waals surface area contributed by atoms with Crippen LogP contribution in [0.2, 0.25) is 0 Å². The maximum atomic E-state index is 11.6. The summed E-state index contributed by atoms with van der Waals surface area (Å²) in [5, 5.41) is 9.37. The summed E-state index contributed by atoms with van der Waals surface area (Å²) in [7, 11) is 7.50. The Morgan fingerprint density at radius 3 is 2.38 bits per heavy atom. The fourth-order valence-electron chi connectivity index (χ4n) is 2.73. The van der Waals surface area contributed by atoms with Crippen molar-refractivity contribution in [3.63, 3.8) is 0 Å². The predicted octanol–water partition coefficient (Wildman–Crippen LogP) is 2.38. The highest BCUT2D eigenvalue weighted by molar-refractivity contribution is 5.79. The van der Waals surface area contributed by atoms with E-state index in [4.69, 9.17) is 9.47 Å². The standard InChI is InChI=1S/C21H37N5O3/c1-21(2,3)29-20(27)24-14-10-13-23-19(22-4)25-15-17(26(5)6)16-11-8-9-12-18(16)28-7/h8-9,11-12,17H,10,13-15H2,1-7H3,(H,24,27)(H2,22,23,25). The number of hydrogen-bond donors (Lipinski definition) is 3. The molecule has 1 atom stereocenters. The number of aliphatic imine (C=N–C) groups is 1. The number of alkyl carbamates (subject to hydrolysis) is 1. The average Bonchev–Trinajstić information content (AvgIpc) is 2.64. The minimum Gasteiger partial charge on any atom is -0.496 e. The third kappa shape index (κ3) is 9.51. The molecule has 0 aliphatic rings. The van der Waals surface area contributed by atoms with Gasteiger partial charge in [0, 0.05) is 32.2 Å². The fraction of sp³-hybridized carbons (Fsp3) is 0.619. The highest BCUT2D eigenvalue weighted by atomic mass is 16.6. The van der Waals surface area contributed by atoms with Gasteiger partial charge in [-0.25, -0.2) is 4.79 Å². The van der Waals surface area contributed by atoms with Crippen LogP contribution in [0.5, 0.6) is 5.75 Å². The molecule has 1 amide bonds. The van der Waals surface area contributed by atoms with Crippen LogP contribution in [0.25, 0.3) is 0 Å². The van der Waals surface area contributed by atoms with E-state index in [1.54, 1.807) is 14.2 Å². The fourth-order valence-corrected chi connectivity index (χ4v) is 2.73.